The van der Waals surface area contributed by atoms with E-state index >= 15 is 0 Å². The van der Waals surface area contributed by atoms with Crippen LogP contribution in [0.25, 0.3) is 11.0 Å². The summed E-state index contributed by atoms with van der Waals surface area (Å²) in [5.41, 5.74) is 0.963. The maximum absolute atomic E-state index is 11.5. The number of aromatic nitrogens is 2. The molecule has 27 heavy (non-hydrogen) atoms. The molecular weight excluding hydrogens is 362 g/mol. The molecule has 1 aliphatic heterocycles. The molecule has 3 N–H and O–H groups in total. The topological polar surface area (TPSA) is 153 Å². The Bertz CT molecular complexity index is 823. The van der Waals surface area contributed by atoms with Gasteiger partial charge in [-0.1, -0.05) is 0 Å². The van der Waals surface area contributed by atoms with Crippen molar-refractivity contribution in [2.45, 2.75) is 44.5 Å². The van der Waals surface area contributed by atoms with E-state index < -0.39 is 42.5 Å². The third kappa shape index (κ3) is 4.32. The summed E-state index contributed by atoms with van der Waals surface area (Å²) in [6.45, 7) is 2.18. The number of carbonyl (C=O) groups is 2. The molecule has 0 saturated carbocycles. The van der Waals surface area contributed by atoms with Crippen molar-refractivity contribution in [3.05, 3.63) is 18.2 Å². The zero-order valence-corrected chi connectivity index (χ0v) is 14.6. The second-order valence-electron chi connectivity index (χ2n) is 6.09. The van der Waals surface area contributed by atoms with E-state index in [1.807, 2.05) is 0 Å². The highest BCUT2D eigenvalue weighted by Gasteiger charge is 2.46. The normalized spacial score (nSPS) is 27.9. The number of aliphatic hydroxyl groups excluding tert-OH is 2. The lowest BCUT2D eigenvalue weighted by molar-refractivity contribution is -0.246. The molecule has 1 amide bonds. The average molecular weight is 381 g/mol. The van der Waals surface area contributed by atoms with Crippen molar-refractivity contribution in [1.82, 2.24) is 15.6 Å². The van der Waals surface area contributed by atoms with Crippen LogP contribution in [0.1, 0.15) is 13.8 Å². The first kappa shape index (κ1) is 19.0. The zero-order chi connectivity index (χ0) is 19.6. The third-order valence-electron chi connectivity index (χ3n) is 4.00. The van der Waals surface area contributed by atoms with Crippen molar-refractivity contribution in [2.75, 3.05) is 6.61 Å². The molecule has 0 spiro atoms. The molecule has 11 heteroatoms. The Morgan fingerprint density at radius 1 is 1.19 bits per heavy atom. The van der Waals surface area contributed by atoms with Crippen molar-refractivity contribution in [2.24, 2.45) is 0 Å². The predicted molar refractivity (Wildman–Crippen MR) is 87.3 cm³/mol. The van der Waals surface area contributed by atoms with Crippen molar-refractivity contribution >= 4 is 22.9 Å². The summed E-state index contributed by atoms with van der Waals surface area (Å²) in [7, 11) is 0. The van der Waals surface area contributed by atoms with Gasteiger partial charge in [0.05, 0.1) is 0 Å². The Labute approximate surface area is 153 Å². The van der Waals surface area contributed by atoms with E-state index in [1.165, 1.54) is 13.8 Å². The van der Waals surface area contributed by atoms with Crippen molar-refractivity contribution < 1.29 is 38.6 Å². The van der Waals surface area contributed by atoms with Gasteiger partial charge in [-0.25, -0.2) is 4.63 Å². The van der Waals surface area contributed by atoms with E-state index in [1.54, 1.807) is 18.2 Å². The summed E-state index contributed by atoms with van der Waals surface area (Å²) in [5.74, 6) is -0.697. The Hall–Kier alpha value is -2.76. The highest BCUT2D eigenvalue weighted by Crippen LogP contribution is 2.26. The fourth-order valence-corrected chi connectivity index (χ4v) is 2.73. The van der Waals surface area contributed by atoms with Crippen LogP contribution in [-0.2, 0) is 19.1 Å². The minimum Gasteiger partial charge on any atom is -0.463 e. The molecule has 0 unspecified atom stereocenters. The van der Waals surface area contributed by atoms with Gasteiger partial charge < -0.3 is 29.7 Å². The number of benzene rings is 1. The smallest absolute Gasteiger partial charge is 0.302 e. The average Bonchev–Trinajstić information content (AvgIpc) is 3.07. The number of nitrogens with zero attached hydrogens (tertiary/aromatic N) is 2. The van der Waals surface area contributed by atoms with Gasteiger partial charge in [-0.3, -0.25) is 9.59 Å². The predicted octanol–water partition coefficient (Wildman–Crippen LogP) is -0.884. The molecule has 0 aliphatic carbocycles. The molecule has 1 saturated heterocycles. The van der Waals surface area contributed by atoms with E-state index in [9.17, 15) is 19.8 Å². The molecule has 1 aromatic carbocycles. The zero-order valence-electron chi connectivity index (χ0n) is 14.6. The number of nitrogens with one attached hydrogen (secondary N) is 1. The molecule has 3 rings (SSSR count). The summed E-state index contributed by atoms with van der Waals surface area (Å²) >= 11 is 0. The molecule has 146 valence electrons. The highest BCUT2D eigenvalue weighted by molar-refractivity contribution is 5.75. The molecular formula is C16H19N3O8. The van der Waals surface area contributed by atoms with Gasteiger partial charge >= 0.3 is 5.97 Å². The monoisotopic (exact) mass is 381 g/mol. The van der Waals surface area contributed by atoms with Gasteiger partial charge in [-0.15, -0.1) is 0 Å². The summed E-state index contributed by atoms with van der Waals surface area (Å²) in [4.78, 5) is 22.5. The lowest BCUT2D eigenvalue weighted by atomic mass is 9.97. The van der Waals surface area contributed by atoms with Gasteiger partial charge in [-0.05, 0) is 22.4 Å². The number of fused-ring (bicyclic) bond motifs is 1. The van der Waals surface area contributed by atoms with E-state index in [0.29, 0.717) is 16.8 Å². The number of rotatable bonds is 5. The fourth-order valence-electron chi connectivity index (χ4n) is 2.73. The number of ether oxygens (including phenoxy) is 3. The molecule has 5 atom stereocenters. The molecule has 1 aliphatic rings. The van der Waals surface area contributed by atoms with Gasteiger partial charge in [0.15, 0.2) is 0 Å². The summed E-state index contributed by atoms with van der Waals surface area (Å²) in [6.07, 6.45) is -5.02. The third-order valence-corrected chi connectivity index (χ3v) is 4.00. The van der Waals surface area contributed by atoms with Crippen molar-refractivity contribution in [1.29, 1.82) is 0 Å². The minimum absolute atomic E-state index is 0.285. The summed E-state index contributed by atoms with van der Waals surface area (Å²) in [5, 5.41) is 30.5. The van der Waals surface area contributed by atoms with Gasteiger partial charge in [0, 0.05) is 19.9 Å². The maximum atomic E-state index is 11.5. The van der Waals surface area contributed by atoms with Crippen LogP contribution in [0.3, 0.4) is 0 Å². The maximum Gasteiger partial charge on any atom is 0.302 e. The molecule has 0 radical (unpaired) electrons. The van der Waals surface area contributed by atoms with E-state index in [2.05, 4.69) is 20.3 Å². The van der Waals surface area contributed by atoms with Gasteiger partial charge in [0.1, 0.15) is 47.7 Å². The second-order valence-corrected chi connectivity index (χ2v) is 6.09. The van der Waals surface area contributed by atoms with Crippen LogP contribution < -0.4 is 10.1 Å². The van der Waals surface area contributed by atoms with Crippen molar-refractivity contribution in [3.63, 3.8) is 0 Å². The number of amides is 1. The Kier molecular flexibility index (Phi) is 5.54. The molecule has 11 nitrogen and oxygen atoms in total. The van der Waals surface area contributed by atoms with Crippen LogP contribution in [-0.4, -0.2) is 69.7 Å². The molecule has 0 bridgehead atoms. The number of carbonyl (C=O) groups excluding carboxylic acids is 2. The highest BCUT2D eigenvalue weighted by atomic mass is 16.7. The van der Waals surface area contributed by atoms with Crippen LogP contribution in [0.4, 0.5) is 0 Å². The number of aliphatic hydroxyl groups is 2. The fraction of sp³-hybridized carbons (Fsp3) is 0.500. The van der Waals surface area contributed by atoms with Crippen molar-refractivity contribution in [3.8, 4) is 5.75 Å². The largest absolute Gasteiger partial charge is 0.463 e. The number of hydrogen-bond acceptors (Lipinski definition) is 10. The number of esters is 1. The lowest BCUT2D eigenvalue weighted by Gasteiger charge is -2.42. The van der Waals surface area contributed by atoms with Crippen LogP contribution >= 0.6 is 0 Å². The Balaban J connectivity index is 1.81. The SMILES string of the molecule is CC(=O)N[C@H]1[C@H](Oc2ccc3nonc3c2)O[C@H](COC(C)=O)[C@@H](O)[C@H]1O. The van der Waals surface area contributed by atoms with Gasteiger partial charge in [-0.2, -0.15) is 0 Å². The van der Waals surface area contributed by atoms with Crippen LogP contribution in [0.15, 0.2) is 22.8 Å². The van der Waals surface area contributed by atoms with E-state index in [-0.39, 0.29) is 6.61 Å². The first-order valence-corrected chi connectivity index (χ1v) is 8.16. The molecule has 1 fully saturated rings. The first-order chi connectivity index (χ1) is 12.8. The number of hydrogen-bond donors (Lipinski definition) is 3. The summed E-state index contributed by atoms with van der Waals surface area (Å²) < 4.78 is 20.9. The lowest BCUT2D eigenvalue weighted by Crippen LogP contribution is -2.65. The molecule has 2 aromatic rings. The standard InChI is InChI=1S/C16H19N3O8/c1-7(20)17-13-15(23)14(22)12(6-24-8(2)21)26-16(13)25-9-3-4-10-11(5-9)19-27-18-10/h3-5,12-16,22-23H,6H2,1-2H3,(H,17,20)/t12-,13-,14-,15+,16-/m1/s1. The first-order valence-electron chi connectivity index (χ1n) is 8.16. The quantitative estimate of drug-likeness (QED) is 0.556. The van der Waals surface area contributed by atoms with E-state index in [0.717, 1.165) is 0 Å². The minimum atomic E-state index is -1.41. The van der Waals surface area contributed by atoms with Gasteiger partial charge in [0.25, 0.3) is 0 Å². The molecule has 1 aromatic heterocycles. The van der Waals surface area contributed by atoms with Crippen LogP contribution in [0, 0.1) is 0 Å². The summed E-state index contributed by atoms with van der Waals surface area (Å²) in [6, 6.07) is 3.67. The Morgan fingerprint density at radius 2 is 1.93 bits per heavy atom. The Morgan fingerprint density at radius 3 is 2.63 bits per heavy atom. The van der Waals surface area contributed by atoms with Crippen LogP contribution in [0.5, 0.6) is 5.75 Å². The van der Waals surface area contributed by atoms with Crippen LogP contribution in [0.2, 0.25) is 0 Å². The molecule has 2 heterocycles. The van der Waals surface area contributed by atoms with Gasteiger partial charge in [0.2, 0.25) is 12.2 Å². The van der Waals surface area contributed by atoms with E-state index in [4.69, 9.17) is 14.2 Å². The second kappa shape index (κ2) is 7.86.